The lowest BCUT2D eigenvalue weighted by molar-refractivity contribution is 0.129. The summed E-state index contributed by atoms with van der Waals surface area (Å²) in [5.41, 5.74) is 1.89. The van der Waals surface area contributed by atoms with E-state index in [1.54, 1.807) is 12.1 Å². The number of rotatable bonds is 5. The fourth-order valence-corrected chi connectivity index (χ4v) is 4.95. The number of hydrogen-bond donors (Lipinski definition) is 0. The predicted octanol–water partition coefficient (Wildman–Crippen LogP) is 2.61. The van der Waals surface area contributed by atoms with Gasteiger partial charge in [0, 0.05) is 30.2 Å². The lowest BCUT2D eigenvalue weighted by Crippen LogP contribution is -2.42. The SMILES string of the molecule is Cc1cc(OC2CCN(S(=O)(=O)Cc3noc4ccccc34)CC2)nc(C)n1. The summed E-state index contributed by atoms with van der Waals surface area (Å²) >= 11 is 0. The van der Waals surface area contributed by atoms with Crippen molar-refractivity contribution >= 4 is 21.0 Å². The second-order valence-electron chi connectivity index (χ2n) is 6.99. The van der Waals surface area contributed by atoms with E-state index in [9.17, 15) is 8.42 Å². The van der Waals surface area contributed by atoms with Crippen molar-refractivity contribution in [3.63, 3.8) is 0 Å². The van der Waals surface area contributed by atoms with E-state index in [1.807, 2.05) is 32.0 Å². The quantitative estimate of drug-likeness (QED) is 0.647. The van der Waals surface area contributed by atoms with Gasteiger partial charge in [0.2, 0.25) is 15.9 Å². The molecule has 1 fully saturated rings. The summed E-state index contributed by atoms with van der Waals surface area (Å²) in [6, 6.07) is 9.07. The van der Waals surface area contributed by atoms with E-state index in [0.29, 0.717) is 48.9 Å². The minimum absolute atomic E-state index is 0.0620. The highest BCUT2D eigenvalue weighted by Gasteiger charge is 2.30. The molecule has 3 heterocycles. The van der Waals surface area contributed by atoms with E-state index in [1.165, 1.54) is 4.31 Å². The monoisotopic (exact) mass is 402 g/mol. The molecule has 0 aliphatic carbocycles. The van der Waals surface area contributed by atoms with E-state index < -0.39 is 10.0 Å². The molecular formula is C19H22N4O4S. The Morgan fingerprint density at radius 2 is 1.93 bits per heavy atom. The molecule has 1 aromatic carbocycles. The molecule has 1 aliphatic rings. The average Bonchev–Trinajstić information content (AvgIpc) is 3.04. The van der Waals surface area contributed by atoms with Gasteiger partial charge in [0.05, 0.1) is 0 Å². The first-order valence-electron chi connectivity index (χ1n) is 9.21. The summed E-state index contributed by atoms with van der Waals surface area (Å²) in [6.45, 7) is 4.53. The summed E-state index contributed by atoms with van der Waals surface area (Å²) in [5, 5.41) is 4.68. The molecule has 0 radical (unpaired) electrons. The maximum atomic E-state index is 12.8. The maximum Gasteiger partial charge on any atom is 0.220 e. The predicted molar refractivity (Wildman–Crippen MR) is 103 cm³/mol. The van der Waals surface area contributed by atoms with Crippen molar-refractivity contribution in [3.8, 4) is 5.88 Å². The third-order valence-corrected chi connectivity index (χ3v) is 6.59. The number of benzene rings is 1. The van der Waals surface area contributed by atoms with E-state index in [0.717, 1.165) is 11.1 Å². The fourth-order valence-electron chi connectivity index (χ4n) is 3.45. The third-order valence-electron chi connectivity index (χ3n) is 4.80. The number of para-hydroxylation sites is 1. The van der Waals surface area contributed by atoms with Crippen LogP contribution in [0.3, 0.4) is 0 Å². The van der Waals surface area contributed by atoms with E-state index in [4.69, 9.17) is 9.26 Å². The second kappa shape index (κ2) is 7.48. The highest BCUT2D eigenvalue weighted by Crippen LogP contribution is 2.24. The Labute approximate surface area is 163 Å². The van der Waals surface area contributed by atoms with Gasteiger partial charge in [-0.25, -0.2) is 17.7 Å². The molecule has 8 nitrogen and oxygen atoms in total. The van der Waals surface area contributed by atoms with Crippen LogP contribution >= 0.6 is 0 Å². The number of piperidine rings is 1. The van der Waals surface area contributed by atoms with Gasteiger partial charge in [0.1, 0.15) is 23.4 Å². The molecule has 28 heavy (non-hydrogen) atoms. The average molecular weight is 402 g/mol. The summed E-state index contributed by atoms with van der Waals surface area (Å²) < 4.78 is 38.3. The number of ether oxygens (including phenoxy) is 1. The van der Waals surface area contributed by atoms with E-state index in [-0.39, 0.29) is 11.9 Å². The van der Waals surface area contributed by atoms with Crippen molar-refractivity contribution < 1.29 is 17.7 Å². The largest absolute Gasteiger partial charge is 0.474 e. The summed E-state index contributed by atoms with van der Waals surface area (Å²) in [4.78, 5) is 8.53. The lowest BCUT2D eigenvalue weighted by Gasteiger charge is -2.31. The van der Waals surface area contributed by atoms with Crippen LogP contribution in [0.1, 0.15) is 30.1 Å². The van der Waals surface area contributed by atoms with Gasteiger partial charge in [-0.1, -0.05) is 17.3 Å². The van der Waals surface area contributed by atoms with Crippen molar-refractivity contribution in [3.05, 3.63) is 47.5 Å². The topological polar surface area (TPSA) is 98.4 Å². The number of aromatic nitrogens is 3. The van der Waals surface area contributed by atoms with Crippen LogP contribution < -0.4 is 4.74 Å². The molecule has 2 aromatic heterocycles. The molecule has 4 rings (SSSR count). The number of nitrogens with zero attached hydrogens (tertiary/aromatic N) is 4. The molecule has 3 aromatic rings. The molecule has 0 amide bonds. The van der Waals surface area contributed by atoms with Crippen LogP contribution in [0.25, 0.3) is 11.0 Å². The van der Waals surface area contributed by atoms with Gasteiger partial charge in [-0.3, -0.25) is 0 Å². The van der Waals surface area contributed by atoms with Crippen molar-refractivity contribution in [1.29, 1.82) is 0 Å². The van der Waals surface area contributed by atoms with Gasteiger partial charge in [0.25, 0.3) is 0 Å². The molecular weight excluding hydrogens is 380 g/mol. The molecule has 0 bridgehead atoms. The zero-order valence-electron chi connectivity index (χ0n) is 15.8. The minimum Gasteiger partial charge on any atom is -0.474 e. The summed E-state index contributed by atoms with van der Waals surface area (Å²) in [7, 11) is -3.48. The number of aryl methyl sites for hydroxylation is 2. The maximum absolute atomic E-state index is 12.8. The Balaban J connectivity index is 1.39. The van der Waals surface area contributed by atoms with Crippen molar-refractivity contribution in [2.75, 3.05) is 13.1 Å². The Hall–Kier alpha value is -2.52. The van der Waals surface area contributed by atoms with Gasteiger partial charge >= 0.3 is 0 Å². The van der Waals surface area contributed by atoms with E-state index in [2.05, 4.69) is 15.1 Å². The van der Waals surface area contributed by atoms with Crippen LogP contribution in [-0.4, -0.2) is 47.0 Å². The van der Waals surface area contributed by atoms with Gasteiger partial charge < -0.3 is 9.26 Å². The highest BCUT2D eigenvalue weighted by atomic mass is 32.2. The van der Waals surface area contributed by atoms with Gasteiger partial charge in [-0.15, -0.1) is 0 Å². The number of sulfonamides is 1. The molecule has 0 saturated carbocycles. The standard InChI is InChI=1S/C19H22N4O4S/c1-13-11-19(21-14(2)20-13)26-15-7-9-23(10-8-15)28(24,25)12-17-16-5-3-4-6-18(16)27-22-17/h3-6,11,15H,7-10,12H2,1-2H3. The van der Waals surface area contributed by atoms with Crippen LogP contribution in [0, 0.1) is 13.8 Å². The zero-order valence-corrected chi connectivity index (χ0v) is 16.6. The van der Waals surface area contributed by atoms with Crippen LogP contribution in [0.2, 0.25) is 0 Å². The Kier molecular flexibility index (Phi) is 5.03. The molecule has 1 aliphatic heterocycles. The molecule has 1 saturated heterocycles. The van der Waals surface area contributed by atoms with Gasteiger partial charge in [-0.05, 0) is 38.8 Å². The number of fused-ring (bicyclic) bond motifs is 1. The summed E-state index contributed by atoms with van der Waals surface area (Å²) in [6.07, 6.45) is 1.16. The molecule has 0 unspecified atom stereocenters. The molecule has 0 N–H and O–H groups in total. The van der Waals surface area contributed by atoms with E-state index >= 15 is 0 Å². The third kappa shape index (κ3) is 4.00. The lowest BCUT2D eigenvalue weighted by atomic mass is 10.1. The smallest absolute Gasteiger partial charge is 0.220 e. The van der Waals surface area contributed by atoms with Crippen LogP contribution in [0.5, 0.6) is 5.88 Å². The van der Waals surface area contributed by atoms with Crippen LogP contribution in [-0.2, 0) is 15.8 Å². The van der Waals surface area contributed by atoms with Crippen LogP contribution in [0.15, 0.2) is 34.9 Å². The van der Waals surface area contributed by atoms with Crippen molar-refractivity contribution in [2.24, 2.45) is 0 Å². The highest BCUT2D eigenvalue weighted by molar-refractivity contribution is 7.88. The molecule has 9 heteroatoms. The van der Waals surface area contributed by atoms with Crippen molar-refractivity contribution in [1.82, 2.24) is 19.4 Å². The molecule has 0 spiro atoms. The Morgan fingerprint density at radius 1 is 1.18 bits per heavy atom. The zero-order chi connectivity index (χ0) is 19.7. The number of hydrogen-bond acceptors (Lipinski definition) is 7. The van der Waals surface area contributed by atoms with Crippen molar-refractivity contribution in [2.45, 2.75) is 38.5 Å². The normalized spacial score (nSPS) is 16.5. The second-order valence-corrected chi connectivity index (χ2v) is 8.96. The first-order chi connectivity index (χ1) is 13.4. The Morgan fingerprint density at radius 3 is 2.68 bits per heavy atom. The minimum atomic E-state index is -3.48. The first-order valence-corrected chi connectivity index (χ1v) is 10.8. The first kappa shape index (κ1) is 18.8. The molecule has 0 atom stereocenters. The Bertz CT molecular complexity index is 1070. The van der Waals surface area contributed by atoms with Gasteiger partial charge in [0.15, 0.2) is 5.58 Å². The molecule has 148 valence electrons. The summed E-state index contributed by atoms with van der Waals surface area (Å²) in [5.74, 6) is 1.04. The van der Waals surface area contributed by atoms with Crippen LogP contribution in [0.4, 0.5) is 0 Å². The fraction of sp³-hybridized carbons (Fsp3) is 0.421. The van der Waals surface area contributed by atoms with Gasteiger partial charge in [-0.2, -0.15) is 4.98 Å².